The zero-order valence-electron chi connectivity index (χ0n) is 19.1. The van der Waals surface area contributed by atoms with Gasteiger partial charge in [-0.1, -0.05) is 32.0 Å². The number of rotatable bonds is 7. The van der Waals surface area contributed by atoms with Crippen molar-refractivity contribution in [2.75, 3.05) is 18.0 Å². The molecule has 0 bridgehead atoms. The summed E-state index contributed by atoms with van der Waals surface area (Å²) in [6, 6.07) is 14.5. The van der Waals surface area contributed by atoms with Gasteiger partial charge in [-0.25, -0.2) is 0 Å². The molecule has 30 heavy (non-hydrogen) atoms. The lowest BCUT2D eigenvalue weighted by Crippen LogP contribution is -2.39. The van der Waals surface area contributed by atoms with Gasteiger partial charge in [-0.15, -0.1) is 0 Å². The highest BCUT2D eigenvalue weighted by molar-refractivity contribution is 5.81. The topological polar surface area (TPSA) is 41.6 Å². The van der Waals surface area contributed by atoms with Gasteiger partial charge in [0.05, 0.1) is 6.04 Å². The van der Waals surface area contributed by atoms with Crippen LogP contribution in [0.4, 0.5) is 5.69 Å². The molecule has 0 saturated carbocycles. The molecular weight excluding hydrogens is 372 g/mol. The van der Waals surface area contributed by atoms with Crippen LogP contribution in [0.2, 0.25) is 0 Å². The summed E-state index contributed by atoms with van der Waals surface area (Å²) in [4.78, 5) is 15.3. The SMILES string of the molecule is CC[C@@H](Oc1ccc(C)c(C)c1)C(=O)N[C@H](C)c1ccc(N2CCC[C@@H](C)C2)cc1. The number of aryl methyl sites for hydroxylation is 2. The first-order valence-electron chi connectivity index (χ1n) is 11.3. The van der Waals surface area contributed by atoms with Gasteiger partial charge in [-0.2, -0.15) is 0 Å². The molecule has 0 aromatic heterocycles. The fraction of sp³-hybridized carbons (Fsp3) is 0.500. The molecule has 1 saturated heterocycles. The van der Waals surface area contributed by atoms with Gasteiger partial charge in [-0.3, -0.25) is 4.79 Å². The van der Waals surface area contributed by atoms with Crippen LogP contribution in [0.15, 0.2) is 42.5 Å². The standard InChI is InChI=1S/C26H36N2O2/c1-6-25(30-24-14-9-19(3)20(4)16-24)26(29)27-21(5)22-10-12-23(13-11-22)28-15-7-8-18(2)17-28/h9-14,16,18,21,25H,6-8,15,17H2,1-5H3,(H,27,29)/t18-,21-,25-/m1/s1. The molecule has 2 aromatic carbocycles. The van der Waals surface area contributed by atoms with Crippen LogP contribution in [-0.4, -0.2) is 25.1 Å². The van der Waals surface area contributed by atoms with Gasteiger partial charge in [0.2, 0.25) is 0 Å². The summed E-state index contributed by atoms with van der Waals surface area (Å²) in [5, 5.41) is 3.12. The maximum absolute atomic E-state index is 12.8. The minimum absolute atomic E-state index is 0.0655. The number of hydrogen-bond acceptors (Lipinski definition) is 3. The molecule has 0 aliphatic carbocycles. The number of amides is 1. The molecule has 4 nitrogen and oxygen atoms in total. The second-order valence-corrected chi connectivity index (χ2v) is 8.78. The summed E-state index contributed by atoms with van der Waals surface area (Å²) >= 11 is 0. The quantitative estimate of drug-likeness (QED) is 0.651. The molecule has 1 N–H and O–H groups in total. The van der Waals surface area contributed by atoms with E-state index in [1.165, 1.54) is 29.7 Å². The fourth-order valence-electron chi connectivity index (χ4n) is 4.06. The largest absolute Gasteiger partial charge is 0.481 e. The first-order valence-corrected chi connectivity index (χ1v) is 11.3. The zero-order chi connectivity index (χ0) is 21.7. The van der Waals surface area contributed by atoms with Crippen molar-refractivity contribution in [3.8, 4) is 5.75 Å². The van der Waals surface area contributed by atoms with E-state index in [2.05, 4.69) is 55.3 Å². The first kappa shape index (κ1) is 22.2. The number of nitrogens with one attached hydrogen (secondary N) is 1. The predicted molar refractivity (Wildman–Crippen MR) is 124 cm³/mol. The second kappa shape index (κ2) is 10.0. The Balaban J connectivity index is 1.60. The number of anilines is 1. The van der Waals surface area contributed by atoms with E-state index in [0.717, 1.165) is 30.3 Å². The fourth-order valence-corrected chi connectivity index (χ4v) is 4.06. The molecule has 1 heterocycles. The summed E-state index contributed by atoms with van der Waals surface area (Å²) in [6.45, 7) is 12.7. The highest BCUT2D eigenvalue weighted by Crippen LogP contribution is 2.25. The number of ether oxygens (including phenoxy) is 1. The molecule has 162 valence electrons. The van der Waals surface area contributed by atoms with Gasteiger partial charge in [0.1, 0.15) is 5.75 Å². The lowest BCUT2D eigenvalue weighted by molar-refractivity contribution is -0.128. The Hall–Kier alpha value is -2.49. The summed E-state index contributed by atoms with van der Waals surface area (Å²) in [7, 11) is 0. The van der Waals surface area contributed by atoms with Gasteiger partial charge < -0.3 is 15.0 Å². The smallest absolute Gasteiger partial charge is 0.261 e. The number of piperidine rings is 1. The molecule has 1 fully saturated rings. The average Bonchev–Trinajstić information content (AvgIpc) is 2.74. The van der Waals surface area contributed by atoms with Crippen LogP contribution >= 0.6 is 0 Å². The third-order valence-electron chi connectivity index (χ3n) is 6.19. The van der Waals surface area contributed by atoms with Crippen molar-refractivity contribution in [1.29, 1.82) is 0 Å². The average molecular weight is 409 g/mol. The van der Waals surface area contributed by atoms with E-state index >= 15 is 0 Å². The summed E-state index contributed by atoms with van der Waals surface area (Å²) in [6.07, 6.45) is 2.70. The van der Waals surface area contributed by atoms with Crippen molar-refractivity contribution < 1.29 is 9.53 Å². The van der Waals surface area contributed by atoms with E-state index in [1.807, 2.05) is 32.0 Å². The van der Waals surface area contributed by atoms with E-state index < -0.39 is 6.10 Å². The normalized spacial score (nSPS) is 18.6. The van der Waals surface area contributed by atoms with E-state index in [0.29, 0.717) is 6.42 Å². The maximum Gasteiger partial charge on any atom is 0.261 e. The number of nitrogens with zero attached hydrogens (tertiary/aromatic N) is 1. The van der Waals surface area contributed by atoms with E-state index in [9.17, 15) is 4.79 Å². The molecular formula is C26H36N2O2. The van der Waals surface area contributed by atoms with Crippen LogP contribution in [0.3, 0.4) is 0 Å². The van der Waals surface area contributed by atoms with Crippen molar-refractivity contribution >= 4 is 11.6 Å². The van der Waals surface area contributed by atoms with Crippen molar-refractivity contribution in [2.24, 2.45) is 5.92 Å². The third kappa shape index (κ3) is 5.56. The Labute approximate surface area is 181 Å². The van der Waals surface area contributed by atoms with Crippen LogP contribution in [0.25, 0.3) is 0 Å². The molecule has 1 aliphatic rings. The number of carbonyl (C=O) groups is 1. The van der Waals surface area contributed by atoms with Crippen molar-refractivity contribution in [3.05, 3.63) is 59.2 Å². The zero-order valence-corrected chi connectivity index (χ0v) is 19.1. The van der Waals surface area contributed by atoms with Crippen LogP contribution in [0.1, 0.15) is 62.8 Å². The van der Waals surface area contributed by atoms with Gasteiger partial charge in [0, 0.05) is 18.8 Å². The van der Waals surface area contributed by atoms with E-state index in [4.69, 9.17) is 4.74 Å². The third-order valence-corrected chi connectivity index (χ3v) is 6.19. The van der Waals surface area contributed by atoms with Gasteiger partial charge >= 0.3 is 0 Å². The monoisotopic (exact) mass is 408 g/mol. The Morgan fingerprint density at radius 2 is 1.90 bits per heavy atom. The molecule has 0 radical (unpaired) electrons. The Kier molecular flexibility index (Phi) is 7.41. The van der Waals surface area contributed by atoms with Gasteiger partial charge in [0.15, 0.2) is 6.10 Å². The Bertz CT molecular complexity index is 847. The van der Waals surface area contributed by atoms with Crippen molar-refractivity contribution in [3.63, 3.8) is 0 Å². The van der Waals surface area contributed by atoms with Crippen LogP contribution in [-0.2, 0) is 4.79 Å². The van der Waals surface area contributed by atoms with Gasteiger partial charge in [-0.05, 0) is 86.9 Å². The maximum atomic E-state index is 12.8. The number of carbonyl (C=O) groups excluding carboxylic acids is 1. The lowest BCUT2D eigenvalue weighted by Gasteiger charge is -2.33. The van der Waals surface area contributed by atoms with Crippen molar-refractivity contribution in [2.45, 2.75) is 66.0 Å². The van der Waals surface area contributed by atoms with Gasteiger partial charge in [0.25, 0.3) is 5.91 Å². The second-order valence-electron chi connectivity index (χ2n) is 8.78. The Morgan fingerprint density at radius 1 is 1.17 bits per heavy atom. The summed E-state index contributed by atoms with van der Waals surface area (Å²) in [5.41, 5.74) is 4.77. The molecule has 2 aromatic rings. The van der Waals surface area contributed by atoms with Crippen LogP contribution in [0.5, 0.6) is 5.75 Å². The number of benzene rings is 2. The summed E-state index contributed by atoms with van der Waals surface area (Å²) < 4.78 is 5.99. The Morgan fingerprint density at radius 3 is 2.53 bits per heavy atom. The minimum atomic E-state index is -0.497. The highest BCUT2D eigenvalue weighted by atomic mass is 16.5. The van der Waals surface area contributed by atoms with Crippen LogP contribution < -0.4 is 15.0 Å². The minimum Gasteiger partial charge on any atom is -0.481 e. The molecule has 1 amide bonds. The molecule has 0 spiro atoms. The number of hydrogen-bond donors (Lipinski definition) is 1. The van der Waals surface area contributed by atoms with Crippen molar-refractivity contribution in [1.82, 2.24) is 5.32 Å². The predicted octanol–water partition coefficient (Wildman–Crippen LogP) is 5.57. The van der Waals surface area contributed by atoms with E-state index in [-0.39, 0.29) is 11.9 Å². The molecule has 4 heteroatoms. The molecule has 0 unspecified atom stereocenters. The molecule has 3 rings (SSSR count). The summed E-state index contributed by atoms with van der Waals surface area (Å²) in [5.74, 6) is 1.42. The van der Waals surface area contributed by atoms with E-state index in [1.54, 1.807) is 0 Å². The molecule has 1 aliphatic heterocycles. The lowest BCUT2D eigenvalue weighted by atomic mass is 9.99. The van der Waals surface area contributed by atoms with Crippen LogP contribution in [0, 0.1) is 19.8 Å². The molecule has 3 atom stereocenters. The highest BCUT2D eigenvalue weighted by Gasteiger charge is 2.21. The first-order chi connectivity index (χ1) is 14.4.